The zero-order valence-corrected chi connectivity index (χ0v) is 12.8. The smallest absolute Gasteiger partial charge is 0.269 e. The quantitative estimate of drug-likeness (QED) is 0.586. The molecule has 5 nitrogen and oxygen atoms in total. The lowest BCUT2D eigenvalue weighted by Crippen LogP contribution is -2.43. The molecular formula is C14H13ClN4OS. The predicted molar refractivity (Wildman–Crippen MR) is 87.2 cm³/mol. The van der Waals surface area contributed by atoms with Crippen molar-refractivity contribution in [3.63, 3.8) is 0 Å². The van der Waals surface area contributed by atoms with E-state index in [0.29, 0.717) is 10.6 Å². The molecule has 0 aliphatic rings. The van der Waals surface area contributed by atoms with E-state index in [2.05, 4.69) is 21.2 Å². The van der Waals surface area contributed by atoms with Gasteiger partial charge in [0.25, 0.3) is 5.91 Å². The van der Waals surface area contributed by atoms with Crippen LogP contribution in [0.3, 0.4) is 0 Å². The van der Waals surface area contributed by atoms with Crippen LogP contribution in [0.4, 0.5) is 5.69 Å². The molecule has 0 unspecified atom stereocenters. The van der Waals surface area contributed by atoms with Gasteiger partial charge in [0.05, 0.1) is 0 Å². The van der Waals surface area contributed by atoms with Crippen LogP contribution < -0.4 is 16.2 Å². The van der Waals surface area contributed by atoms with Crippen LogP contribution in [0.5, 0.6) is 0 Å². The highest BCUT2D eigenvalue weighted by Gasteiger charge is 2.05. The van der Waals surface area contributed by atoms with Crippen molar-refractivity contribution < 1.29 is 4.79 Å². The molecule has 0 bridgehead atoms. The summed E-state index contributed by atoms with van der Waals surface area (Å²) in [6.45, 7) is 1.91. The van der Waals surface area contributed by atoms with Gasteiger partial charge in [0.2, 0.25) is 0 Å². The molecule has 0 aliphatic carbocycles. The third kappa shape index (κ3) is 4.40. The summed E-state index contributed by atoms with van der Waals surface area (Å²) in [5.41, 5.74) is 7.31. The first-order valence-corrected chi connectivity index (χ1v) is 6.88. The highest BCUT2D eigenvalue weighted by molar-refractivity contribution is 7.80. The number of carbonyl (C=O) groups excluding carboxylic acids is 1. The van der Waals surface area contributed by atoms with Crippen LogP contribution in [0.1, 0.15) is 15.9 Å². The van der Waals surface area contributed by atoms with Gasteiger partial charge >= 0.3 is 0 Å². The fourth-order valence-corrected chi connectivity index (χ4v) is 1.87. The predicted octanol–water partition coefficient (Wildman–Crippen LogP) is 2.67. The molecule has 108 valence electrons. The second-order valence-electron chi connectivity index (χ2n) is 4.23. The van der Waals surface area contributed by atoms with Crippen LogP contribution >= 0.6 is 23.8 Å². The van der Waals surface area contributed by atoms with E-state index < -0.39 is 0 Å². The second kappa shape index (κ2) is 7.01. The normalized spacial score (nSPS) is 9.81. The number of amides is 1. The maximum absolute atomic E-state index is 11.8. The van der Waals surface area contributed by atoms with Crippen LogP contribution in [0.2, 0.25) is 5.02 Å². The van der Waals surface area contributed by atoms with Crippen molar-refractivity contribution in [1.82, 2.24) is 15.8 Å². The van der Waals surface area contributed by atoms with E-state index in [1.165, 1.54) is 0 Å². The van der Waals surface area contributed by atoms with Crippen LogP contribution in [-0.4, -0.2) is 16.0 Å². The summed E-state index contributed by atoms with van der Waals surface area (Å²) in [7, 11) is 0. The first kappa shape index (κ1) is 15.2. The van der Waals surface area contributed by atoms with Crippen molar-refractivity contribution in [1.29, 1.82) is 0 Å². The minimum Gasteiger partial charge on any atom is -0.331 e. The number of hydrogen-bond donors (Lipinski definition) is 3. The molecule has 0 aliphatic heterocycles. The zero-order valence-electron chi connectivity index (χ0n) is 11.2. The number of hydrazine groups is 1. The van der Waals surface area contributed by atoms with Crippen LogP contribution in [0.15, 0.2) is 42.7 Å². The molecule has 2 aromatic rings. The van der Waals surface area contributed by atoms with E-state index in [0.717, 1.165) is 11.3 Å². The third-order valence-corrected chi connectivity index (χ3v) is 3.27. The van der Waals surface area contributed by atoms with Crippen LogP contribution in [0.25, 0.3) is 0 Å². The Balaban J connectivity index is 1.87. The number of nitrogens with zero attached hydrogens (tertiary/aromatic N) is 1. The molecule has 0 saturated carbocycles. The van der Waals surface area contributed by atoms with Gasteiger partial charge in [-0.1, -0.05) is 17.7 Å². The lowest BCUT2D eigenvalue weighted by Gasteiger charge is -2.12. The summed E-state index contributed by atoms with van der Waals surface area (Å²) in [5.74, 6) is -0.302. The first-order chi connectivity index (χ1) is 10.1. The van der Waals surface area contributed by atoms with Gasteiger partial charge in [-0.25, -0.2) is 0 Å². The number of nitrogens with one attached hydrogen (secondary N) is 3. The Bertz CT molecular complexity index is 663. The Kier molecular flexibility index (Phi) is 5.08. The Morgan fingerprint density at radius 1 is 1.19 bits per heavy atom. The number of thiocarbonyl (C=S) groups is 1. The molecule has 0 spiro atoms. The highest BCUT2D eigenvalue weighted by Crippen LogP contribution is 2.19. The van der Waals surface area contributed by atoms with Gasteiger partial charge in [0.15, 0.2) is 5.11 Å². The maximum Gasteiger partial charge on any atom is 0.269 e. The number of benzene rings is 1. The molecule has 0 fully saturated rings. The lowest BCUT2D eigenvalue weighted by atomic mass is 10.2. The van der Waals surface area contributed by atoms with E-state index in [1.807, 2.05) is 19.1 Å². The number of pyridine rings is 1. The zero-order chi connectivity index (χ0) is 15.2. The number of anilines is 1. The molecule has 7 heteroatoms. The van der Waals surface area contributed by atoms with Gasteiger partial charge in [0.1, 0.15) is 0 Å². The molecule has 1 aromatic heterocycles. The molecule has 0 atom stereocenters. The molecule has 2 rings (SSSR count). The average molecular weight is 321 g/mol. The minimum atomic E-state index is -0.302. The van der Waals surface area contributed by atoms with Crippen molar-refractivity contribution >= 4 is 40.5 Å². The molecule has 1 aromatic carbocycles. The molecule has 0 radical (unpaired) electrons. The molecule has 21 heavy (non-hydrogen) atoms. The summed E-state index contributed by atoms with van der Waals surface area (Å²) in [6, 6.07) is 8.69. The number of hydrogen-bond acceptors (Lipinski definition) is 3. The second-order valence-corrected chi connectivity index (χ2v) is 5.05. The van der Waals surface area contributed by atoms with Crippen molar-refractivity contribution in [3.8, 4) is 0 Å². The largest absolute Gasteiger partial charge is 0.331 e. The summed E-state index contributed by atoms with van der Waals surface area (Å²) in [4.78, 5) is 15.6. The van der Waals surface area contributed by atoms with E-state index in [4.69, 9.17) is 23.8 Å². The van der Waals surface area contributed by atoms with Crippen molar-refractivity contribution in [3.05, 3.63) is 58.9 Å². The van der Waals surface area contributed by atoms with Gasteiger partial charge in [-0.05, 0) is 49.0 Å². The topological polar surface area (TPSA) is 66.0 Å². The fourth-order valence-electron chi connectivity index (χ4n) is 1.52. The Morgan fingerprint density at radius 3 is 2.57 bits per heavy atom. The molecule has 3 N–H and O–H groups in total. The van der Waals surface area contributed by atoms with Crippen molar-refractivity contribution in [2.75, 3.05) is 5.32 Å². The van der Waals surface area contributed by atoms with E-state index in [9.17, 15) is 4.79 Å². The number of aryl methyl sites for hydroxylation is 1. The number of halogens is 1. The van der Waals surface area contributed by atoms with Crippen molar-refractivity contribution in [2.45, 2.75) is 6.92 Å². The lowest BCUT2D eigenvalue weighted by molar-refractivity contribution is 0.0944. The Labute approximate surface area is 132 Å². The monoisotopic (exact) mass is 320 g/mol. The van der Waals surface area contributed by atoms with Crippen LogP contribution in [-0.2, 0) is 0 Å². The van der Waals surface area contributed by atoms with E-state index >= 15 is 0 Å². The van der Waals surface area contributed by atoms with Crippen LogP contribution in [0, 0.1) is 6.92 Å². The van der Waals surface area contributed by atoms with Crippen molar-refractivity contribution in [2.24, 2.45) is 0 Å². The number of aromatic nitrogens is 1. The van der Waals surface area contributed by atoms with Gasteiger partial charge in [-0.2, -0.15) is 0 Å². The van der Waals surface area contributed by atoms with E-state index in [-0.39, 0.29) is 11.0 Å². The fraction of sp³-hybridized carbons (Fsp3) is 0.0714. The Hall–Kier alpha value is -2.18. The highest BCUT2D eigenvalue weighted by atomic mass is 35.5. The first-order valence-electron chi connectivity index (χ1n) is 6.10. The summed E-state index contributed by atoms with van der Waals surface area (Å²) in [6.07, 6.45) is 3.08. The number of rotatable bonds is 2. The molecular weight excluding hydrogens is 308 g/mol. The summed E-state index contributed by atoms with van der Waals surface area (Å²) in [5, 5.41) is 3.83. The summed E-state index contributed by atoms with van der Waals surface area (Å²) < 4.78 is 0. The number of carbonyl (C=O) groups is 1. The minimum absolute atomic E-state index is 0.261. The molecule has 1 amide bonds. The average Bonchev–Trinajstić information content (AvgIpc) is 2.49. The summed E-state index contributed by atoms with van der Waals surface area (Å²) >= 11 is 11.1. The van der Waals surface area contributed by atoms with E-state index in [1.54, 1.807) is 30.6 Å². The maximum atomic E-state index is 11.8. The molecule has 0 saturated heterocycles. The van der Waals surface area contributed by atoms with Gasteiger partial charge in [-0.3, -0.25) is 20.6 Å². The Morgan fingerprint density at radius 2 is 1.90 bits per heavy atom. The van der Waals surface area contributed by atoms with Gasteiger partial charge in [0, 0.05) is 28.7 Å². The SMILES string of the molecule is Cc1ccc(NC(=S)NNC(=O)c2ccncc2)cc1Cl. The molecule has 1 heterocycles. The van der Waals surface area contributed by atoms with Gasteiger partial charge < -0.3 is 5.32 Å². The van der Waals surface area contributed by atoms with Gasteiger partial charge in [-0.15, -0.1) is 0 Å². The standard InChI is InChI=1S/C14H13ClN4OS/c1-9-2-3-11(8-12(9)15)17-14(21)19-18-13(20)10-4-6-16-7-5-10/h2-8H,1H3,(H,18,20)(H2,17,19,21). The third-order valence-electron chi connectivity index (χ3n) is 2.66.